The summed E-state index contributed by atoms with van der Waals surface area (Å²) in [5.74, 6) is 0.201. The number of benzene rings is 3. The minimum absolute atomic E-state index is 0.163. The number of aryl methyl sites for hydroxylation is 1. The van der Waals surface area contributed by atoms with Gasteiger partial charge >= 0.3 is 0 Å². The highest BCUT2D eigenvalue weighted by Crippen LogP contribution is 2.36. The first-order valence-corrected chi connectivity index (χ1v) is 11.7. The van der Waals surface area contributed by atoms with Crippen molar-refractivity contribution in [2.45, 2.75) is 6.92 Å². The number of hydrogen-bond acceptors (Lipinski definition) is 3. The molecule has 4 nitrogen and oxygen atoms in total. The number of hydrogen-bond donors (Lipinski definition) is 1. The lowest BCUT2D eigenvalue weighted by molar-refractivity contribution is -0.118. The summed E-state index contributed by atoms with van der Waals surface area (Å²) >= 11 is 19.1. The van der Waals surface area contributed by atoms with Crippen LogP contribution in [0.4, 0.5) is 5.69 Å². The number of nitriles is 1. The monoisotopic (exact) mass is 592 g/mol. The van der Waals surface area contributed by atoms with Gasteiger partial charge in [-0.1, -0.05) is 41.4 Å². The van der Waals surface area contributed by atoms with E-state index >= 15 is 0 Å². The molecule has 1 N–H and O–H groups in total. The minimum Gasteiger partial charge on any atom is -0.481 e. The molecule has 3 rings (SSSR count). The number of amides is 1. The molecule has 0 bridgehead atoms. The number of allylic oxidation sites excluding steroid dienone is 1. The van der Waals surface area contributed by atoms with E-state index in [2.05, 4.69) is 43.2 Å². The molecule has 0 radical (unpaired) electrons. The molecule has 3 aromatic carbocycles. The molecule has 1 amide bonds. The Morgan fingerprint density at radius 2 is 1.84 bits per heavy atom. The summed E-state index contributed by atoms with van der Waals surface area (Å²) in [6.07, 6.45) is 1.71. The van der Waals surface area contributed by atoms with Crippen LogP contribution in [0, 0.1) is 18.3 Å². The van der Waals surface area contributed by atoms with Gasteiger partial charge in [0.05, 0.1) is 25.6 Å². The second-order valence-electron chi connectivity index (χ2n) is 6.81. The predicted octanol–water partition coefficient (Wildman–Crippen LogP) is 7.91. The molecule has 162 valence electrons. The van der Waals surface area contributed by atoms with Crippen LogP contribution in [0.15, 0.2) is 63.5 Å². The molecule has 32 heavy (non-hydrogen) atoms. The van der Waals surface area contributed by atoms with E-state index in [9.17, 15) is 10.1 Å². The maximum absolute atomic E-state index is 12.2. The number of rotatable bonds is 6. The van der Waals surface area contributed by atoms with Crippen molar-refractivity contribution in [3.05, 3.63) is 90.3 Å². The molecule has 0 unspecified atom stereocenters. The van der Waals surface area contributed by atoms with E-state index < -0.39 is 0 Å². The van der Waals surface area contributed by atoms with Gasteiger partial charge in [-0.25, -0.2) is 0 Å². The highest BCUT2D eigenvalue weighted by atomic mass is 79.9. The fourth-order valence-electron chi connectivity index (χ4n) is 2.90. The molecule has 8 heteroatoms. The quantitative estimate of drug-likeness (QED) is 0.233. The molecule has 0 atom stereocenters. The first-order valence-electron chi connectivity index (χ1n) is 9.32. The summed E-state index contributed by atoms with van der Waals surface area (Å²) < 4.78 is 6.96. The lowest BCUT2D eigenvalue weighted by Gasteiger charge is -2.12. The molecule has 0 heterocycles. The number of ether oxygens (including phenoxy) is 1. The molecule has 0 aliphatic heterocycles. The highest BCUT2D eigenvalue weighted by Gasteiger charge is 2.13. The minimum atomic E-state index is -0.275. The second kappa shape index (κ2) is 11.0. The van der Waals surface area contributed by atoms with E-state index in [4.69, 9.17) is 27.9 Å². The topological polar surface area (TPSA) is 62.1 Å². The molecule has 0 aromatic heterocycles. The fraction of sp³-hybridized carbons (Fsp3) is 0.0833. The van der Waals surface area contributed by atoms with Gasteiger partial charge in [0, 0.05) is 16.3 Å². The summed E-state index contributed by atoms with van der Waals surface area (Å²) in [7, 11) is 0. The van der Waals surface area contributed by atoms with Crippen LogP contribution in [0.1, 0.15) is 16.7 Å². The Morgan fingerprint density at radius 1 is 1.12 bits per heavy atom. The smallest absolute Gasteiger partial charge is 0.262 e. The lowest BCUT2D eigenvalue weighted by atomic mass is 10.0. The van der Waals surface area contributed by atoms with Gasteiger partial charge in [0.25, 0.3) is 5.91 Å². The SMILES string of the molecule is Cc1cccc(NC(=O)COc2c(Br)cc(/C=C(\C#N)c3ccc(Cl)cc3Cl)cc2Br)c1. The summed E-state index contributed by atoms with van der Waals surface area (Å²) in [5, 5.41) is 13.3. The Labute approximate surface area is 213 Å². The molecule has 0 fully saturated rings. The van der Waals surface area contributed by atoms with Crippen LogP contribution in [0.25, 0.3) is 11.6 Å². The Hall–Kier alpha value is -2.30. The van der Waals surface area contributed by atoms with Crippen LogP contribution in [-0.2, 0) is 4.79 Å². The van der Waals surface area contributed by atoms with Crippen LogP contribution in [-0.4, -0.2) is 12.5 Å². The zero-order valence-corrected chi connectivity index (χ0v) is 21.4. The van der Waals surface area contributed by atoms with Gasteiger partial charge < -0.3 is 10.1 Å². The van der Waals surface area contributed by atoms with Crippen molar-refractivity contribution in [2.24, 2.45) is 0 Å². The summed E-state index contributed by atoms with van der Waals surface area (Å²) in [6, 6.07) is 18.2. The molecule has 3 aromatic rings. The van der Waals surface area contributed by atoms with Crippen molar-refractivity contribution in [2.75, 3.05) is 11.9 Å². The van der Waals surface area contributed by atoms with E-state index in [1.54, 1.807) is 36.4 Å². The molecule has 0 saturated carbocycles. The van der Waals surface area contributed by atoms with E-state index in [1.165, 1.54) is 0 Å². The molecular formula is C24H16Br2Cl2N2O2. The summed E-state index contributed by atoms with van der Waals surface area (Å²) in [5.41, 5.74) is 3.47. The van der Waals surface area contributed by atoms with Crippen molar-refractivity contribution >= 4 is 78.3 Å². The van der Waals surface area contributed by atoms with Crippen LogP contribution in [0.2, 0.25) is 10.0 Å². The van der Waals surface area contributed by atoms with Crippen LogP contribution < -0.4 is 10.1 Å². The van der Waals surface area contributed by atoms with Crippen molar-refractivity contribution in [3.8, 4) is 11.8 Å². The maximum atomic E-state index is 12.2. The standard InChI is InChI=1S/C24H16Br2Cl2N2O2/c1-14-3-2-4-18(7-14)30-23(31)13-32-24-20(25)9-15(10-21(24)26)8-16(12-29)19-6-5-17(27)11-22(19)28/h2-11H,13H2,1H3,(H,30,31)/b16-8+. The third kappa shape index (κ3) is 6.36. The third-order valence-electron chi connectivity index (χ3n) is 4.32. The van der Waals surface area contributed by atoms with E-state index in [1.807, 2.05) is 31.2 Å². The number of nitrogens with zero attached hydrogens (tertiary/aromatic N) is 1. The molecular weight excluding hydrogens is 579 g/mol. The van der Waals surface area contributed by atoms with E-state index in [-0.39, 0.29) is 12.5 Å². The Bertz CT molecular complexity index is 1230. The normalized spacial score (nSPS) is 11.1. The van der Waals surface area contributed by atoms with Crippen LogP contribution in [0.3, 0.4) is 0 Å². The lowest BCUT2D eigenvalue weighted by Crippen LogP contribution is -2.20. The van der Waals surface area contributed by atoms with Crippen LogP contribution >= 0.6 is 55.1 Å². The Morgan fingerprint density at radius 3 is 2.47 bits per heavy atom. The van der Waals surface area contributed by atoms with Crippen molar-refractivity contribution in [3.63, 3.8) is 0 Å². The Kier molecular flexibility index (Phi) is 8.38. The van der Waals surface area contributed by atoms with E-state index in [0.29, 0.717) is 41.6 Å². The van der Waals surface area contributed by atoms with Crippen molar-refractivity contribution in [1.82, 2.24) is 0 Å². The van der Waals surface area contributed by atoms with Gasteiger partial charge in [-0.3, -0.25) is 4.79 Å². The van der Waals surface area contributed by atoms with Crippen molar-refractivity contribution in [1.29, 1.82) is 5.26 Å². The first kappa shape index (κ1) is 24.3. The van der Waals surface area contributed by atoms with Gasteiger partial charge in [0.15, 0.2) is 6.61 Å². The van der Waals surface area contributed by atoms with Gasteiger partial charge in [0.2, 0.25) is 0 Å². The zero-order chi connectivity index (χ0) is 23.3. The average molecular weight is 595 g/mol. The third-order valence-corrected chi connectivity index (χ3v) is 6.05. The largest absolute Gasteiger partial charge is 0.481 e. The average Bonchev–Trinajstić information content (AvgIpc) is 2.72. The van der Waals surface area contributed by atoms with Gasteiger partial charge in [-0.05, 0) is 92.4 Å². The van der Waals surface area contributed by atoms with Gasteiger partial charge in [-0.15, -0.1) is 0 Å². The van der Waals surface area contributed by atoms with Gasteiger partial charge in [0.1, 0.15) is 5.75 Å². The number of nitrogens with one attached hydrogen (secondary N) is 1. The fourth-order valence-corrected chi connectivity index (χ4v) is 4.86. The maximum Gasteiger partial charge on any atom is 0.262 e. The summed E-state index contributed by atoms with van der Waals surface area (Å²) in [4.78, 5) is 12.2. The number of carbonyl (C=O) groups is 1. The second-order valence-corrected chi connectivity index (χ2v) is 9.37. The predicted molar refractivity (Wildman–Crippen MR) is 137 cm³/mol. The number of halogens is 4. The molecule has 0 aliphatic rings. The molecule has 0 spiro atoms. The van der Waals surface area contributed by atoms with Crippen molar-refractivity contribution < 1.29 is 9.53 Å². The summed E-state index contributed by atoms with van der Waals surface area (Å²) in [6.45, 7) is 1.79. The highest BCUT2D eigenvalue weighted by molar-refractivity contribution is 9.11. The van der Waals surface area contributed by atoms with E-state index in [0.717, 1.165) is 11.1 Å². The first-order chi connectivity index (χ1) is 15.3. The van der Waals surface area contributed by atoms with Crippen LogP contribution in [0.5, 0.6) is 5.75 Å². The number of anilines is 1. The molecule has 0 aliphatic carbocycles. The Balaban J connectivity index is 1.76. The molecule has 0 saturated heterocycles. The number of carbonyl (C=O) groups excluding carboxylic acids is 1. The van der Waals surface area contributed by atoms with Gasteiger partial charge in [-0.2, -0.15) is 5.26 Å². The zero-order valence-electron chi connectivity index (χ0n) is 16.8.